The summed E-state index contributed by atoms with van der Waals surface area (Å²) < 4.78 is 0. The van der Waals surface area contributed by atoms with Crippen molar-refractivity contribution in [2.24, 2.45) is 4.99 Å². The summed E-state index contributed by atoms with van der Waals surface area (Å²) in [6.45, 7) is 6.14. The molecule has 0 aliphatic carbocycles. The third-order valence-electron chi connectivity index (χ3n) is 1.75. The number of aliphatic imine (C=N–C) groups is 1. The fraction of sp³-hybridized carbons (Fsp3) is 0.364. The van der Waals surface area contributed by atoms with E-state index in [1.165, 1.54) is 5.56 Å². The van der Waals surface area contributed by atoms with Gasteiger partial charge in [-0.1, -0.05) is 11.6 Å². The molecule has 0 radical (unpaired) electrons. The zero-order chi connectivity index (χ0) is 9.84. The van der Waals surface area contributed by atoms with Crippen LogP contribution in [0, 0.1) is 6.92 Å². The van der Waals surface area contributed by atoms with Gasteiger partial charge in [0, 0.05) is 23.5 Å². The number of hydrogen-bond acceptors (Lipinski definition) is 2. The molecule has 0 aliphatic rings. The lowest BCUT2D eigenvalue weighted by Crippen LogP contribution is -1.96. The molecule has 0 fully saturated rings. The molecule has 1 aromatic rings. The normalized spacial score (nSPS) is 11.4. The Morgan fingerprint density at radius 1 is 1.38 bits per heavy atom. The standard InChI is InChI=1S/C11H16N2/c1-8(2)13-7-10-6-9(3)4-5-11(10)12/h4-8H,12H2,1-3H3. The fourth-order valence-electron chi connectivity index (χ4n) is 1.04. The molecule has 0 aliphatic heterocycles. The minimum Gasteiger partial charge on any atom is -0.398 e. The zero-order valence-electron chi connectivity index (χ0n) is 8.41. The first-order chi connectivity index (χ1) is 6.09. The van der Waals surface area contributed by atoms with Gasteiger partial charge in [-0.15, -0.1) is 0 Å². The van der Waals surface area contributed by atoms with E-state index in [4.69, 9.17) is 5.73 Å². The summed E-state index contributed by atoms with van der Waals surface area (Å²) in [5.74, 6) is 0. The molecule has 2 heteroatoms. The Hall–Kier alpha value is -1.31. The van der Waals surface area contributed by atoms with Gasteiger partial charge in [-0.25, -0.2) is 0 Å². The van der Waals surface area contributed by atoms with Crippen molar-refractivity contribution in [2.75, 3.05) is 5.73 Å². The van der Waals surface area contributed by atoms with Crippen molar-refractivity contribution in [3.8, 4) is 0 Å². The molecule has 2 nitrogen and oxygen atoms in total. The van der Waals surface area contributed by atoms with Crippen LogP contribution in [0.15, 0.2) is 23.2 Å². The quantitative estimate of drug-likeness (QED) is 0.545. The maximum atomic E-state index is 5.78. The first-order valence-electron chi connectivity index (χ1n) is 4.49. The Bertz CT molecular complexity index is 314. The largest absolute Gasteiger partial charge is 0.398 e. The minimum atomic E-state index is 0.319. The lowest BCUT2D eigenvalue weighted by Gasteiger charge is -2.01. The third-order valence-corrected chi connectivity index (χ3v) is 1.75. The molecular formula is C11H16N2. The molecule has 0 spiro atoms. The van der Waals surface area contributed by atoms with Crippen LogP contribution in [0.25, 0.3) is 0 Å². The van der Waals surface area contributed by atoms with Gasteiger partial charge in [0.05, 0.1) is 0 Å². The first-order valence-corrected chi connectivity index (χ1v) is 4.49. The Morgan fingerprint density at radius 2 is 2.08 bits per heavy atom. The Kier molecular flexibility index (Phi) is 3.07. The van der Waals surface area contributed by atoms with E-state index in [1.807, 2.05) is 45.2 Å². The summed E-state index contributed by atoms with van der Waals surface area (Å²) in [5, 5.41) is 0. The number of nitrogens with two attached hydrogens (primary N) is 1. The highest BCUT2D eigenvalue weighted by Gasteiger charge is 1.95. The van der Waals surface area contributed by atoms with Crippen molar-refractivity contribution in [3.05, 3.63) is 29.3 Å². The van der Waals surface area contributed by atoms with Crippen LogP contribution < -0.4 is 5.73 Å². The van der Waals surface area contributed by atoms with Crippen molar-refractivity contribution in [1.82, 2.24) is 0 Å². The molecule has 0 atom stereocenters. The van der Waals surface area contributed by atoms with Crippen molar-refractivity contribution < 1.29 is 0 Å². The maximum Gasteiger partial charge on any atom is 0.0443 e. The van der Waals surface area contributed by atoms with Crippen LogP contribution in [0.5, 0.6) is 0 Å². The molecule has 2 N–H and O–H groups in total. The summed E-state index contributed by atoms with van der Waals surface area (Å²) in [6, 6.07) is 6.28. The highest BCUT2D eigenvalue weighted by Crippen LogP contribution is 2.11. The van der Waals surface area contributed by atoms with E-state index in [9.17, 15) is 0 Å². The number of rotatable bonds is 2. The molecule has 1 aromatic carbocycles. The molecule has 0 saturated carbocycles. The van der Waals surface area contributed by atoms with Crippen molar-refractivity contribution in [3.63, 3.8) is 0 Å². The van der Waals surface area contributed by atoms with Gasteiger partial charge in [-0.05, 0) is 32.9 Å². The number of nitrogens with zero attached hydrogens (tertiary/aromatic N) is 1. The van der Waals surface area contributed by atoms with Crippen LogP contribution in [-0.2, 0) is 0 Å². The SMILES string of the molecule is Cc1ccc(N)c(C=NC(C)C)c1. The van der Waals surface area contributed by atoms with Gasteiger partial charge in [-0.2, -0.15) is 0 Å². The second-order valence-corrected chi connectivity index (χ2v) is 3.50. The molecular weight excluding hydrogens is 160 g/mol. The molecule has 1 rings (SSSR count). The summed E-state index contributed by atoms with van der Waals surface area (Å²) in [5.41, 5.74) is 8.79. The average Bonchev–Trinajstić information content (AvgIpc) is 2.06. The summed E-state index contributed by atoms with van der Waals surface area (Å²) in [6.07, 6.45) is 1.84. The highest BCUT2D eigenvalue weighted by molar-refractivity contribution is 5.87. The first kappa shape index (κ1) is 9.78. The van der Waals surface area contributed by atoms with E-state index in [-0.39, 0.29) is 0 Å². The van der Waals surface area contributed by atoms with Gasteiger partial charge in [-0.3, -0.25) is 4.99 Å². The van der Waals surface area contributed by atoms with Crippen LogP contribution in [0.1, 0.15) is 25.0 Å². The number of anilines is 1. The number of benzene rings is 1. The Morgan fingerprint density at radius 3 is 2.69 bits per heavy atom. The van der Waals surface area contributed by atoms with Gasteiger partial charge < -0.3 is 5.73 Å². The van der Waals surface area contributed by atoms with Crippen LogP contribution >= 0.6 is 0 Å². The zero-order valence-corrected chi connectivity index (χ0v) is 8.41. The van der Waals surface area contributed by atoms with Crippen molar-refractivity contribution in [2.45, 2.75) is 26.8 Å². The predicted molar refractivity (Wildman–Crippen MR) is 58.3 cm³/mol. The lowest BCUT2D eigenvalue weighted by molar-refractivity contribution is 0.841. The number of hydrogen-bond donors (Lipinski definition) is 1. The minimum absolute atomic E-state index is 0.319. The van der Waals surface area contributed by atoms with E-state index in [0.29, 0.717) is 6.04 Å². The van der Waals surface area contributed by atoms with Crippen LogP contribution in [-0.4, -0.2) is 12.3 Å². The van der Waals surface area contributed by atoms with E-state index in [2.05, 4.69) is 4.99 Å². The van der Waals surface area contributed by atoms with Gasteiger partial charge in [0.1, 0.15) is 0 Å². The summed E-state index contributed by atoms with van der Waals surface area (Å²) >= 11 is 0. The van der Waals surface area contributed by atoms with Crippen LogP contribution in [0.4, 0.5) is 5.69 Å². The predicted octanol–water partition coefficient (Wildman–Crippen LogP) is 2.40. The summed E-state index contributed by atoms with van der Waals surface area (Å²) in [7, 11) is 0. The molecule has 0 amide bonds. The second-order valence-electron chi connectivity index (χ2n) is 3.50. The topological polar surface area (TPSA) is 38.4 Å². The molecule has 0 unspecified atom stereocenters. The van der Waals surface area contributed by atoms with Gasteiger partial charge in [0.2, 0.25) is 0 Å². The van der Waals surface area contributed by atoms with E-state index in [0.717, 1.165) is 11.3 Å². The molecule has 0 bridgehead atoms. The molecule has 70 valence electrons. The molecule has 0 saturated heterocycles. The van der Waals surface area contributed by atoms with E-state index in [1.54, 1.807) is 0 Å². The van der Waals surface area contributed by atoms with Crippen molar-refractivity contribution >= 4 is 11.9 Å². The number of nitrogen functional groups attached to an aromatic ring is 1. The second kappa shape index (κ2) is 4.08. The van der Waals surface area contributed by atoms with Gasteiger partial charge in [0.25, 0.3) is 0 Å². The molecule has 0 heterocycles. The Labute approximate surface area is 79.5 Å². The smallest absolute Gasteiger partial charge is 0.0443 e. The average molecular weight is 176 g/mol. The monoisotopic (exact) mass is 176 g/mol. The van der Waals surface area contributed by atoms with Gasteiger partial charge >= 0.3 is 0 Å². The Balaban J connectivity index is 2.93. The maximum absolute atomic E-state index is 5.78. The van der Waals surface area contributed by atoms with Crippen LogP contribution in [0.3, 0.4) is 0 Å². The molecule has 13 heavy (non-hydrogen) atoms. The van der Waals surface area contributed by atoms with Crippen molar-refractivity contribution in [1.29, 1.82) is 0 Å². The number of aryl methyl sites for hydroxylation is 1. The van der Waals surface area contributed by atoms with E-state index >= 15 is 0 Å². The van der Waals surface area contributed by atoms with E-state index < -0.39 is 0 Å². The third kappa shape index (κ3) is 2.90. The van der Waals surface area contributed by atoms with Crippen LogP contribution in [0.2, 0.25) is 0 Å². The van der Waals surface area contributed by atoms with Gasteiger partial charge in [0.15, 0.2) is 0 Å². The lowest BCUT2D eigenvalue weighted by atomic mass is 10.1. The highest BCUT2D eigenvalue weighted by atomic mass is 14.7. The fourth-order valence-corrected chi connectivity index (χ4v) is 1.04. The molecule has 0 aromatic heterocycles. The summed E-state index contributed by atoms with van der Waals surface area (Å²) in [4.78, 5) is 4.29.